The van der Waals surface area contributed by atoms with Crippen LogP contribution in [-0.2, 0) is 11.2 Å². The molecule has 4 nitrogen and oxygen atoms in total. The number of benzene rings is 1. The molecule has 1 aromatic carbocycles. The maximum atomic E-state index is 13.8. The molecule has 0 aliphatic carbocycles. The number of carbonyl (C=O) groups is 1. The lowest BCUT2D eigenvalue weighted by atomic mass is 10.0. The SMILES string of the molecule is CSc1nc(C)c(CCC(=O)N[C@@H](C)c2ccc(F)cc2F)c(C)n1. The molecule has 1 atom stereocenters. The van der Waals surface area contributed by atoms with E-state index in [9.17, 15) is 13.6 Å². The van der Waals surface area contributed by atoms with Gasteiger partial charge in [0.1, 0.15) is 11.6 Å². The summed E-state index contributed by atoms with van der Waals surface area (Å²) in [5, 5.41) is 3.45. The van der Waals surface area contributed by atoms with Gasteiger partial charge < -0.3 is 5.32 Å². The number of nitrogens with zero attached hydrogens (tertiary/aromatic N) is 2. The number of hydrogen-bond donors (Lipinski definition) is 1. The second kappa shape index (κ2) is 8.38. The molecule has 7 heteroatoms. The largest absolute Gasteiger partial charge is 0.349 e. The van der Waals surface area contributed by atoms with Gasteiger partial charge in [-0.15, -0.1) is 0 Å². The van der Waals surface area contributed by atoms with E-state index in [-0.39, 0.29) is 17.9 Å². The number of carbonyl (C=O) groups excluding carboxylic acids is 1. The van der Waals surface area contributed by atoms with Crippen LogP contribution in [0.5, 0.6) is 0 Å². The van der Waals surface area contributed by atoms with Crippen molar-refractivity contribution in [2.45, 2.75) is 44.8 Å². The summed E-state index contributed by atoms with van der Waals surface area (Å²) in [6.45, 7) is 5.47. The summed E-state index contributed by atoms with van der Waals surface area (Å²) in [4.78, 5) is 21.0. The van der Waals surface area contributed by atoms with E-state index >= 15 is 0 Å². The van der Waals surface area contributed by atoms with Gasteiger partial charge in [-0.05, 0) is 45.1 Å². The zero-order valence-electron chi connectivity index (χ0n) is 14.7. The van der Waals surface area contributed by atoms with Gasteiger partial charge in [0.05, 0.1) is 6.04 Å². The topological polar surface area (TPSA) is 54.9 Å². The second-order valence-electron chi connectivity index (χ2n) is 5.81. The van der Waals surface area contributed by atoms with Crippen LogP contribution in [-0.4, -0.2) is 22.1 Å². The fourth-order valence-corrected chi connectivity index (χ4v) is 3.10. The molecule has 1 amide bonds. The molecule has 0 saturated carbocycles. The molecule has 1 N–H and O–H groups in total. The molecule has 0 spiro atoms. The number of thioether (sulfide) groups is 1. The van der Waals surface area contributed by atoms with Gasteiger partial charge in [0.15, 0.2) is 5.16 Å². The first-order chi connectivity index (χ1) is 11.8. The van der Waals surface area contributed by atoms with Gasteiger partial charge in [0.2, 0.25) is 5.91 Å². The van der Waals surface area contributed by atoms with Crippen molar-refractivity contribution in [1.82, 2.24) is 15.3 Å². The van der Waals surface area contributed by atoms with Crippen molar-refractivity contribution in [3.8, 4) is 0 Å². The Morgan fingerprint density at radius 3 is 2.44 bits per heavy atom. The molecule has 134 valence electrons. The fraction of sp³-hybridized carbons (Fsp3) is 0.389. The molecule has 0 saturated heterocycles. The first kappa shape index (κ1) is 19.3. The summed E-state index contributed by atoms with van der Waals surface area (Å²) in [6.07, 6.45) is 2.67. The number of halogens is 2. The third-order valence-electron chi connectivity index (χ3n) is 3.99. The molecule has 0 bridgehead atoms. The van der Waals surface area contributed by atoms with E-state index in [2.05, 4.69) is 15.3 Å². The maximum Gasteiger partial charge on any atom is 0.220 e. The van der Waals surface area contributed by atoms with Gasteiger partial charge in [0, 0.05) is 29.4 Å². The lowest BCUT2D eigenvalue weighted by Crippen LogP contribution is -2.27. The standard InChI is InChI=1S/C18H21F2N3OS/c1-10-14(11(2)23-18(22-10)25-4)7-8-17(24)21-12(3)15-6-5-13(19)9-16(15)20/h5-6,9,12H,7-8H2,1-4H3,(H,21,24)/t12-/m0/s1. The van der Waals surface area contributed by atoms with Crippen molar-refractivity contribution in [3.63, 3.8) is 0 Å². The average Bonchev–Trinajstić information content (AvgIpc) is 2.53. The highest BCUT2D eigenvalue weighted by Crippen LogP contribution is 2.19. The Balaban J connectivity index is 1.99. The Morgan fingerprint density at radius 2 is 1.88 bits per heavy atom. The highest BCUT2D eigenvalue weighted by Gasteiger charge is 2.15. The highest BCUT2D eigenvalue weighted by atomic mass is 32.2. The quantitative estimate of drug-likeness (QED) is 0.623. The van der Waals surface area contributed by atoms with Gasteiger partial charge in [0.25, 0.3) is 0 Å². The van der Waals surface area contributed by atoms with Gasteiger partial charge in [-0.3, -0.25) is 4.79 Å². The van der Waals surface area contributed by atoms with Gasteiger partial charge in [-0.1, -0.05) is 17.8 Å². The Bertz CT molecular complexity index is 760. The summed E-state index contributed by atoms with van der Waals surface area (Å²) in [5.74, 6) is -1.51. The number of amides is 1. The molecule has 0 aliphatic rings. The van der Waals surface area contributed by atoms with Crippen molar-refractivity contribution in [1.29, 1.82) is 0 Å². The Kier molecular flexibility index (Phi) is 6.47. The zero-order chi connectivity index (χ0) is 18.6. The van der Waals surface area contributed by atoms with Crippen LogP contribution in [0.25, 0.3) is 0 Å². The van der Waals surface area contributed by atoms with E-state index in [0.717, 1.165) is 23.0 Å². The molecule has 0 unspecified atom stereocenters. The summed E-state index contributed by atoms with van der Waals surface area (Å²) in [7, 11) is 0. The lowest BCUT2D eigenvalue weighted by molar-refractivity contribution is -0.121. The average molecular weight is 365 g/mol. The molecular weight excluding hydrogens is 344 g/mol. The molecule has 1 aromatic heterocycles. The van der Waals surface area contributed by atoms with E-state index in [4.69, 9.17) is 0 Å². The number of aromatic nitrogens is 2. The molecule has 1 heterocycles. The summed E-state index contributed by atoms with van der Waals surface area (Å²) in [6, 6.07) is 2.80. The van der Waals surface area contributed by atoms with Crippen LogP contribution in [0.3, 0.4) is 0 Å². The number of rotatable bonds is 6. The highest BCUT2D eigenvalue weighted by molar-refractivity contribution is 7.98. The Morgan fingerprint density at radius 1 is 1.24 bits per heavy atom. The molecular formula is C18H21F2N3OS. The second-order valence-corrected chi connectivity index (χ2v) is 6.59. The predicted octanol–water partition coefficient (Wildman–Crippen LogP) is 3.90. The molecule has 2 aromatic rings. The fourth-order valence-electron chi connectivity index (χ4n) is 2.64. The molecule has 0 radical (unpaired) electrons. The van der Waals surface area contributed by atoms with Crippen LogP contribution in [0.4, 0.5) is 8.78 Å². The van der Waals surface area contributed by atoms with Crippen LogP contribution in [0.1, 0.15) is 41.9 Å². The van der Waals surface area contributed by atoms with Crippen LogP contribution >= 0.6 is 11.8 Å². The van der Waals surface area contributed by atoms with Crippen LogP contribution in [0, 0.1) is 25.5 Å². The molecule has 0 aliphatic heterocycles. The number of hydrogen-bond acceptors (Lipinski definition) is 4. The van der Waals surface area contributed by atoms with Gasteiger partial charge in [-0.25, -0.2) is 18.7 Å². The summed E-state index contributed by atoms with van der Waals surface area (Å²) in [5.41, 5.74) is 2.94. The maximum absolute atomic E-state index is 13.8. The minimum Gasteiger partial charge on any atom is -0.349 e. The minimum absolute atomic E-state index is 0.205. The van der Waals surface area contributed by atoms with Gasteiger partial charge >= 0.3 is 0 Å². The van der Waals surface area contributed by atoms with Crippen molar-refractivity contribution >= 4 is 17.7 Å². The van der Waals surface area contributed by atoms with Crippen LogP contribution in [0.2, 0.25) is 0 Å². The van der Waals surface area contributed by atoms with Gasteiger partial charge in [-0.2, -0.15) is 0 Å². The summed E-state index contributed by atoms with van der Waals surface area (Å²) >= 11 is 1.47. The third kappa shape index (κ3) is 4.98. The molecule has 25 heavy (non-hydrogen) atoms. The predicted molar refractivity (Wildman–Crippen MR) is 94.5 cm³/mol. The summed E-state index contributed by atoms with van der Waals surface area (Å²) < 4.78 is 26.7. The van der Waals surface area contributed by atoms with E-state index < -0.39 is 17.7 Å². The van der Waals surface area contributed by atoms with E-state index in [1.807, 2.05) is 20.1 Å². The first-order valence-corrected chi connectivity index (χ1v) is 9.16. The van der Waals surface area contributed by atoms with Crippen LogP contribution in [0.15, 0.2) is 23.4 Å². The van der Waals surface area contributed by atoms with E-state index in [1.165, 1.54) is 23.9 Å². The lowest BCUT2D eigenvalue weighted by Gasteiger charge is -2.16. The zero-order valence-corrected chi connectivity index (χ0v) is 15.5. The van der Waals surface area contributed by atoms with Crippen molar-refractivity contribution < 1.29 is 13.6 Å². The molecule has 0 fully saturated rings. The monoisotopic (exact) mass is 365 g/mol. The Hall–Kier alpha value is -2.02. The van der Waals surface area contributed by atoms with Crippen molar-refractivity contribution in [2.75, 3.05) is 6.26 Å². The first-order valence-electron chi connectivity index (χ1n) is 7.94. The van der Waals surface area contributed by atoms with Crippen molar-refractivity contribution in [3.05, 3.63) is 52.3 Å². The smallest absolute Gasteiger partial charge is 0.220 e. The van der Waals surface area contributed by atoms with Crippen LogP contribution < -0.4 is 5.32 Å². The molecule has 2 rings (SSSR count). The normalized spacial score (nSPS) is 12.1. The third-order valence-corrected chi connectivity index (χ3v) is 4.54. The minimum atomic E-state index is -0.666. The van der Waals surface area contributed by atoms with Crippen molar-refractivity contribution in [2.24, 2.45) is 0 Å². The number of nitrogens with one attached hydrogen (secondary N) is 1. The van der Waals surface area contributed by atoms with E-state index in [1.54, 1.807) is 6.92 Å². The Labute approximate surface area is 150 Å². The number of aryl methyl sites for hydroxylation is 2. The van der Waals surface area contributed by atoms with E-state index in [0.29, 0.717) is 11.6 Å².